The summed E-state index contributed by atoms with van der Waals surface area (Å²) in [6, 6.07) is 18.5. The van der Waals surface area contributed by atoms with Gasteiger partial charge in [0, 0.05) is 29.4 Å². The number of nitrogens with one attached hydrogen (secondary N) is 1. The molecule has 0 fully saturated rings. The number of ether oxygens (including phenoxy) is 1. The van der Waals surface area contributed by atoms with Crippen molar-refractivity contribution in [2.45, 2.75) is 32.5 Å². The number of nitrogens with zero attached hydrogens (tertiary/aromatic N) is 1. The molecule has 0 saturated carbocycles. The average Bonchev–Trinajstić information content (AvgIpc) is 2.88. The Morgan fingerprint density at radius 3 is 2.66 bits per heavy atom. The Morgan fingerprint density at radius 1 is 1.16 bits per heavy atom. The molecule has 3 aromatic carbocycles. The Kier molecular flexibility index (Phi) is 6.42. The third-order valence-corrected chi connectivity index (χ3v) is 5.63. The first-order valence-electron chi connectivity index (χ1n) is 10.2. The quantitative estimate of drug-likeness (QED) is 0.594. The first-order chi connectivity index (χ1) is 15.4. The van der Waals surface area contributed by atoms with Gasteiger partial charge in [0.15, 0.2) is 6.10 Å². The number of carbonyl (C=O) groups is 2. The second-order valence-electron chi connectivity index (χ2n) is 7.72. The van der Waals surface area contributed by atoms with Crippen LogP contribution in [0, 0.1) is 5.82 Å². The molecule has 4 rings (SSSR count). The molecule has 1 aliphatic heterocycles. The van der Waals surface area contributed by atoms with Gasteiger partial charge in [0.2, 0.25) is 5.91 Å². The molecule has 3 aromatic rings. The number of fused-ring (bicyclic) bond motifs is 1. The maximum absolute atomic E-state index is 13.1. The molecule has 0 aromatic heterocycles. The third-order valence-electron chi connectivity index (χ3n) is 5.27. The van der Waals surface area contributed by atoms with Crippen molar-refractivity contribution in [2.75, 3.05) is 5.32 Å². The molecule has 5 nitrogen and oxygen atoms in total. The minimum Gasteiger partial charge on any atom is -0.481 e. The average molecular weight is 453 g/mol. The molecule has 2 amide bonds. The molecule has 32 heavy (non-hydrogen) atoms. The molecular formula is C25H22ClFN2O3. The van der Waals surface area contributed by atoms with Crippen LogP contribution in [0.15, 0.2) is 66.7 Å². The number of carbonyl (C=O) groups excluding carboxylic acids is 2. The predicted molar refractivity (Wildman–Crippen MR) is 121 cm³/mol. The van der Waals surface area contributed by atoms with Gasteiger partial charge in [0.05, 0.1) is 6.42 Å². The van der Waals surface area contributed by atoms with Crippen LogP contribution in [0.1, 0.15) is 23.6 Å². The van der Waals surface area contributed by atoms with E-state index in [1.54, 1.807) is 42.2 Å². The van der Waals surface area contributed by atoms with Crippen molar-refractivity contribution in [3.8, 4) is 5.75 Å². The Bertz CT molecular complexity index is 1150. The van der Waals surface area contributed by atoms with E-state index in [1.807, 2.05) is 24.3 Å². The molecule has 0 bridgehead atoms. The first-order valence-corrected chi connectivity index (χ1v) is 10.6. The second kappa shape index (κ2) is 9.40. The summed E-state index contributed by atoms with van der Waals surface area (Å²) in [5.74, 6) is -0.0967. The second-order valence-corrected chi connectivity index (χ2v) is 8.13. The molecule has 164 valence electrons. The molecule has 0 saturated heterocycles. The highest BCUT2D eigenvalue weighted by atomic mass is 35.5. The maximum atomic E-state index is 13.1. The Morgan fingerprint density at radius 2 is 1.91 bits per heavy atom. The van der Waals surface area contributed by atoms with Crippen LogP contribution < -0.4 is 10.1 Å². The van der Waals surface area contributed by atoms with E-state index in [0.717, 1.165) is 11.1 Å². The molecule has 1 unspecified atom stereocenters. The van der Waals surface area contributed by atoms with E-state index in [2.05, 4.69) is 5.32 Å². The summed E-state index contributed by atoms with van der Waals surface area (Å²) in [4.78, 5) is 27.0. The van der Waals surface area contributed by atoms with Crippen molar-refractivity contribution in [2.24, 2.45) is 0 Å². The van der Waals surface area contributed by atoms with Gasteiger partial charge in [-0.05, 0) is 54.4 Å². The smallest absolute Gasteiger partial charge is 0.263 e. The van der Waals surface area contributed by atoms with Gasteiger partial charge >= 0.3 is 0 Å². The molecule has 7 heteroatoms. The molecule has 1 aliphatic rings. The van der Waals surface area contributed by atoms with Crippen LogP contribution >= 0.6 is 11.6 Å². The van der Waals surface area contributed by atoms with Gasteiger partial charge in [-0.15, -0.1) is 0 Å². The van der Waals surface area contributed by atoms with Gasteiger partial charge in [-0.1, -0.05) is 41.9 Å². The summed E-state index contributed by atoms with van der Waals surface area (Å²) in [6.07, 6.45) is -0.514. The number of amides is 2. The Hall–Kier alpha value is -3.38. The van der Waals surface area contributed by atoms with Gasteiger partial charge in [-0.25, -0.2) is 4.39 Å². The van der Waals surface area contributed by atoms with E-state index in [-0.39, 0.29) is 24.1 Å². The van der Waals surface area contributed by atoms with Crippen molar-refractivity contribution in [1.82, 2.24) is 4.90 Å². The van der Waals surface area contributed by atoms with Crippen LogP contribution in [-0.4, -0.2) is 22.8 Å². The fourth-order valence-corrected chi connectivity index (χ4v) is 3.83. The zero-order valence-electron chi connectivity index (χ0n) is 17.5. The van der Waals surface area contributed by atoms with E-state index in [1.165, 1.54) is 12.1 Å². The van der Waals surface area contributed by atoms with Crippen LogP contribution in [0.2, 0.25) is 5.02 Å². The largest absolute Gasteiger partial charge is 0.481 e. The molecule has 1 atom stereocenters. The SMILES string of the molecule is CC1Oc2ccc(NC(=O)Cc3ccc(F)cc3)cc2CN(Cc2ccccc2Cl)C1=O. The van der Waals surface area contributed by atoms with E-state index in [0.29, 0.717) is 35.1 Å². The zero-order valence-corrected chi connectivity index (χ0v) is 18.2. The van der Waals surface area contributed by atoms with Crippen LogP contribution in [0.5, 0.6) is 5.75 Å². The summed E-state index contributed by atoms with van der Waals surface area (Å²) in [5.41, 5.74) is 2.95. The third kappa shape index (κ3) is 5.08. The molecule has 0 aliphatic carbocycles. The van der Waals surface area contributed by atoms with Gasteiger partial charge in [-0.2, -0.15) is 0 Å². The lowest BCUT2D eigenvalue weighted by Crippen LogP contribution is -2.37. The van der Waals surface area contributed by atoms with Crippen molar-refractivity contribution in [3.05, 3.63) is 94.3 Å². The number of anilines is 1. The molecule has 0 spiro atoms. The first kappa shape index (κ1) is 21.8. The van der Waals surface area contributed by atoms with Crippen LogP contribution in [0.25, 0.3) is 0 Å². The zero-order chi connectivity index (χ0) is 22.7. The van der Waals surface area contributed by atoms with Crippen LogP contribution in [0.4, 0.5) is 10.1 Å². The van der Waals surface area contributed by atoms with Gasteiger partial charge in [-0.3, -0.25) is 9.59 Å². The minimum atomic E-state index is -0.641. The fourth-order valence-electron chi connectivity index (χ4n) is 3.64. The highest BCUT2D eigenvalue weighted by molar-refractivity contribution is 6.31. The van der Waals surface area contributed by atoms with Crippen LogP contribution in [-0.2, 0) is 29.1 Å². The van der Waals surface area contributed by atoms with E-state index >= 15 is 0 Å². The van der Waals surface area contributed by atoms with Crippen LogP contribution in [0.3, 0.4) is 0 Å². The maximum Gasteiger partial charge on any atom is 0.263 e. The predicted octanol–water partition coefficient (Wildman–Crippen LogP) is 4.97. The Labute approximate surface area is 190 Å². The lowest BCUT2D eigenvalue weighted by molar-refractivity contribution is -0.138. The highest BCUT2D eigenvalue weighted by Gasteiger charge is 2.28. The Balaban J connectivity index is 1.51. The van der Waals surface area contributed by atoms with Crippen molar-refractivity contribution < 1.29 is 18.7 Å². The van der Waals surface area contributed by atoms with Crippen molar-refractivity contribution >= 4 is 29.1 Å². The minimum absolute atomic E-state index is 0.127. The van der Waals surface area contributed by atoms with E-state index in [9.17, 15) is 14.0 Å². The van der Waals surface area contributed by atoms with E-state index < -0.39 is 6.10 Å². The van der Waals surface area contributed by atoms with Gasteiger partial charge in [0.25, 0.3) is 5.91 Å². The summed E-state index contributed by atoms with van der Waals surface area (Å²) < 4.78 is 18.9. The molecular weight excluding hydrogens is 431 g/mol. The number of halogens is 2. The monoisotopic (exact) mass is 452 g/mol. The highest BCUT2D eigenvalue weighted by Crippen LogP contribution is 2.30. The van der Waals surface area contributed by atoms with Gasteiger partial charge < -0.3 is 15.0 Å². The standard InChI is InChI=1S/C25H22ClFN2O3/c1-16-25(31)29(14-18-4-2-3-5-22(18)26)15-19-13-21(10-11-23(19)32-16)28-24(30)12-17-6-8-20(27)9-7-17/h2-11,13,16H,12,14-15H2,1H3,(H,28,30). The number of rotatable bonds is 5. The lowest BCUT2D eigenvalue weighted by atomic mass is 10.1. The molecule has 0 radical (unpaired) electrons. The topological polar surface area (TPSA) is 58.6 Å². The normalized spacial score (nSPS) is 15.5. The molecule has 1 N–H and O–H groups in total. The van der Waals surface area contributed by atoms with Crippen molar-refractivity contribution in [3.63, 3.8) is 0 Å². The molecule has 1 heterocycles. The van der Waals surface area contributed by atoms with Gasteiger partial charge in [0.1, 0.15) is 11.6 Å². The summed E-state index contributed by atoms with van der Waals surface area (Å²) in [6.45, 7) is 2.40. The summed E-state index contributed by atoms with van der Waals surface area (Å²) in [7, 11) is 0. The number of benzene rings is 3. The van der Waals surface area contributed by atoms with Crippen molar-refractivity contribution in [1.29, 1.82) is 0 Å². The summed E-state index contributed by atoms with van der Waals surface area (Å²) in [5, 5.41) is 3.46. The lowest BCUT2D eigenvalue weighted by Gasteiger charge is -2.22. The number of hydrogen-bond donors (Lipinski definition) is 1. The fraction of sp³-hybridized carbons (Fsp3) is 0.200. The number of hydrogen-bond acceptors (Lipinski definition) is 3. The summed E-state index contributed by atoms with van der Waals surface area (Å²) >= 11 is 6.29. The van der Waals surface area contributed by atoms with E-state index in [4.69, 9.17) is 16.3 Å².